The molecular weight excluding hydrogens is 506 g/mol. The molecule has 0 saturated carbocycles. The first-order valence-corrected chi connectivity index (χ1v) is 13.2. The number of para-hydroxylation sites is 1. The Morgan fingerprint density at radius 1 is 1.08 bits per heavy atom. The van der Waals surface area contributed by atoms with E-state index in [1.807, 2.05) is 52.0 Å². The predicted octanol–water partition coefficient (Wildman–Crippen LogP) is 5.46. The number of amides is 3. The van der Waals surface area contributed by atoms with Crippen molar-refractivity contribution in [3.63, 3.8) is 0 Å². The fourth-order valence-corrected chi connectivity index (χ4v) is 4.36. The average molecular weight is 546 g/mol. The second-order valence-corrected chi connectivity index (χ2v) is 10.9. The summed E-state index contributed by atoms with van der Waals surface area (Å²) in [4.78, 5) is 41.7. The van der Waals surface area contributed by atoms with Crippen LogP contribution in [0.2, 0.25) is 5.02 Å². The Morgan fingerprint density at radius 3 is 2.32 bits per heavy atom. The summed E-state index contributed by atoms with van der Waals surface area (Å²) in [5, 5.41) is 15.8. The van der Waals surface area contributed by atoms with Gasteiger partial charge in [0.1, 0.15) is 17.7 Å². The number of rotatable bonds is 10. The van der Waals surface area contributed by atoms with E-state index < -0.39 is 42.2 Å². The van der Waals surface area contributed by atoms with Gasteiger partial charge in [0.2, 0.25) is 5.91 Å². The van der Waals surface area contributed by atoms with E-state index in [1.54, 1.807) is 32.9 Å². The topological polar surface area (TPSA) is 108 Å². The summed E-state index contributed by atoms with van der Waals surface area (Å²) in [6.45, 7) is 12.3. The Hall–Kier alpha value is -3.10. The number of benzene rings is 2. The third kappa shape index (κ3) is 8.46. The molecule has 0 spiro atoms. The molecule has 38 heavy (non-hydrogen) atoms. The highest BCUT2D eigenvalue weighted by molar-refractivity contribution is 6.34. The number of halogens is 1. The number of nitrogens with one attached hydrogen (secondary N) is 2. The monoisotopic (exact) mass is 545 g/mol. The van der Waals surface area contributed by atoms with E-state index in [0.717, 1.165) is 23.1 Å². The lowest BCUT2D eigenvalue weighted by Crippen LogP contribution is -2.54. The van der Waals surface area contributed by atoms with E-state index in [-0.39, 0.29) is 6.54 Å². The van der Waals surface area contributed by atoms with Crippen molar-refractivity contribution in [3.05, 3.63) is 63.7 Å². The smallest absolute Gasteiger partial charge is 0.408 e. The fraction of sp³-hybridized carbons (Fsp3) is 0.483. The van der Waals surface area contributed by atoms with Gasteiger partial charge in [0.25, 0.3) is 5.91 Å². The maximum atomic E-state index is 13.9. The van der Waals surface area contributed by atoms with E-state index in [1.165, 1.54) is 4.90 Å². The Balaban J connectivity index is 2.56. The SMILES string of the molecule is CCCCN(C(=O)C(CO)NC(=O)OC(C)(C)C)C(C(=O)Nc1c(C)cccc1Cl)c1ccc(C)cc1C. The minimum absolute atomic E-state index is 0.231. The zero-order chi connectivity index (χ0) is 28.6. The molecule has 2 aromatic carbocycles. The molecule has 0 saturated heterocycles. The van der Waals surface area contributed by atoms with Crippen LogP contribution in [-0.4, -0.2) is 52.7 Å². The van der Waals surface area contributed by atoms with Gasteiger partial charge in [-0.1, -0.05) is 60.8 Å². The van der Waals surface area contributed by atoms with Gasteiger partial charge in [-0.2, -0.15) is 0 Å². The van der Waals surface area contributed by atoms with Crippen molar-refractivity contribution in [1.82, 2.24) is 10.2 Å². The standard InChI is InChI=1S/C29H40ClN3O5/c1-8-9-15-33(27(36)23(17-34)31-28(37)38-29(5,6)7)25(21-14-13-18(2)16-20(21)4)26(35)32-24-19(3)11-10-12-22(24)30/h10-14,16,23,25,34H,8-9,15,17H2,1-7H3,(H,31,37)(H,32,35). The normalized spacial score (nSPS) is 12.9. The molecule has 3 amide bonds. The highest BCUT2D eigenvalue weighted by Gasteiger charge is 2.37. The van der Waals surface area contributed by atoms with E-state index in [2.05, 4.69) is 10.6 Å². The molecule has 0 aliphatic carbocycles. The number of carbonyl (C=O) groups excluding carboxylic acids is 3. The summed E-state index contributed by atoms with van der Waals surface area (Å²) >= 11 is 6.40. The molecule has 2 rings (SSSR count). The lowest BCUT2D eigenvalue weighted by molar-refractivity contribution is -0.141. The van der Waals surface area contributed by atoms with E-state index in [0.29, 0.717) is 22.7 Å². The molecule has 2 atom stereocenters. The first-order chi connectivity index (χ1) is 17.8. The van der Waals surface area contributed by atoms with Gasteiger partial charge >= 0.3 is 6.09 Å². The minimum Gasteiger partial charge on any atom is -0.444 e. The third-order valence-electron chi connectivity index (χ3n) is 5.96. The molecule has 208 valence electrons. The molecule has 8 nitrogen and oxygen atoms in total. The molecule has 0 radical (unpaired) electrons. The number of alkyl carbamates (subject to hydrolysis) is 1. The van der Waals surface area contributed by atoms with Crippen LogP contribution in [0.3, 0.4) is 0 Å². The molecule has 0 heterocycles. The van der Waals surface area contributed by atoms with Crippen LogP contribution in [0.15, 0.2) is 36.4 Å². The van der Waals surface area contributed by atoms with Gasteiger partial charge in [-0.05, 0) is 70.7 Å². The van der Waals surface area contributed by atoms with E-state index in [9.17, 15) is 19.5 Å². The highest BCUT2D eigenvalue weighted by atomic mass is 35.5. The zero-order valence-electron chi connectivity index (χ0n) is 23.4. The Morgan fingerprint density at radius 2 is 1.76 bits per heavy atom. The van der Waals surface area contributed by atoms with Crippen LogP contribution < -0.4 is 10.6 Å². The second kappa shape index (κ2) is 13.6. The third-order valence-corrected chi connectivity index (χ3v) is 6.27. The van der Waals surface area contributed by atoms with Crippen LogP contribution in [0.4, 0.5) is 10.5 Å². The van der Waals surface area contributed by atoms with Crippen molar-refractivity contribution in [2.75, 3.05) is 18.5 Å². The van der Waals surface area contributed by atoms with Crippen molar-refractivity contribution in [2.45, 2.75) is 79.0 Å². The molecule has 0 bridgehead atoms. The number of anilines is 1. The minimum atomic E-state index is -1.30. The molecule has 0 aliphatic rings. The second-order valence-electron chi connectivity index (χ2n) is 10.5. The number of unbranched alkanes of at least 4 members (excludes halogenated alkanes) is 1. The zero-order valence-corrected chi connectivity index (χ0v) is 24.1. The van der Waals surface area contributed by atoms with Crippen LogP contribution in [0.25, 0.3) is 0 Å². The molecule has 0 fully saturated rings. The fourth-order valence-electron chi connectivity index (χ4n) is 4.10. The number of hydrogen-bond acceptors (Lipinski definition) is 5. The molecular formula is C29H40ClN3O5. The summed E-state index contributed by atoms with van der Waals surface area (Å²) in [5.41, 5.74) is 2.92. The van der Waals surface area contributed by atoms with Gasteiger partial charge in [0.15, 0.2) is 0 Å². The molecule has 2 aromatic rings. The maximum absolute atomic E-state index is 13.9. The number of carbonyl (C=O) groups is 3. The average Bonchev–Trinajstić information content (AvgIpc) is 2.81. The molecule has 9 heteroatoms. The number of nitrogens with zero attached hydrogens (tertiary/aromatic N) is 1. The molecule has 0 aliphatic heterocycles. The predicted molar refractivity (Wildman–Crippen MR) is 150 cm³/mol. The molecule has 0 aromatic heterocycles. The van der Waals surface area contributed by atoms with Gasteiger partial charge in [0, 0.05) is 6.54 Å². The Kier molecular flexibility index (Phi) is 11.2. The summed E-state index contributed by atoms with van der Waals surface area (Å²) in [6.07, 6.45) is 0.535. The Bertz CT molecular complexity index is 1130. The van der Waals surface area contributed by atoms with Crippen LogP contribution in [0, 0.1) is 20.8 Å². The quantitative estimate of drug-likeness (QED) is 0.367. The number of aryl methyl sites for hydroxylation is 3. The number of aliphatic hydroxyl groups excluding tert-OH is 1. The highest BCUT2D eigenvalue weighted by Crippen LogP contribution is 2.31. The van der Waals surface area contributed by atoms with Crippen molar-refractivity contribution in [1.29, 1.82) is 0 Å². The first-order valence-electron chi connectivity index (χ1n) is 12.8. The van der Waals surface area contributed by atoms with Gasteiger partial charge in [-0.25, -0.2) is 4.79 Å². The van der Waals surface area contributed by atoms with E-state index in [4.69, 9.17) is 16.3 Å². The van der Waals surface area contributed by atoms with Gasteiger partial charge < -0.3 is 25.4 Å². The van der Waals surface area contributed by atoms with Crippen molar-refractivity contribution < 1.29 is 24.2 Å². The van der Waals surface area contributed by atoms with Gasteiger partial charge in [-0.15, -0.1) is 0 Å². The van der Waals surface area contributed by atoms with Crippen LogP contribution in [-0.2, 0) is 14.3 Å². The summed E-state index contributed by atoms with van der Waals surface area (Å²) in [7, 11) is 0. The molecule has 3 N–H and O–H groups in total. The Labute approximate surface area is 230 Å². The van der Waals surface area contributed by atoms with Crippen molar-refractivity contribution in [2.24, 2.45) is 0 Å². The van der Waals surface area contributed by atoms with E-state index >= 15 is 0 Å². The van der Waals surface area contributed by atoms with Crippen molar-refractivity contribution >= 4 is 35.2 Å². The summed E-state index contributed by atoms with van der Waals surface area (Å²) < 4.78 is 5.29. The maximum Gasteiger partial charge on any atom is 0.408 e. The lowest BCUT2D eigenvalue weighted by atomic mass is 9.96. The van der Waals surface area contributed by atoms with Gasteiger partial charge in [0.05, 0.1) is 17.3 Å². The first kappa shape index (κ1) is 31.1. The van der Waals surface area contributed by atoms with Crippen molar-refractivity contribution in [3.8, 4) is 0 Å². The number of aliphatic hydroxyl groups is 1. The van der Waals surface area contributed by atoms with Crippen LogP contribution in [0.1, 0.15) is 68.8 Å². The molecule has 2 unspecified atom stereocenters. The summed E-state index contributed by atoms with van der Waals surface area (Å²) in [6, 6.07) is 8.62. The number of ether oxygens (including phenoxy) is 1. The largest absolute Gasteiger partial charge is 0.444 e. The summed E-state index contributed by atoms with van der Waals surface area (Å²) in [5.74, 6) is -1.05. The lowest BCUT2D eigenvalue weighted by Gasteiger charge is -2.35. The number of hydrogen-bond donors (Lipinski definition) is 3. The van der Waals surface area contributed by atoms with Gasteiger partial charge in [-0.3, -0.25) is 9.59 Å². The van der Waals surface area contributed by atoms with Crippen LogP contribution >= 0.6 is 11.6 Å². The van der Waals surface area contributed by atoms with Crippen LogP contribution in [0.5, 0.6) is 0 Å².